The molecule has 0 unspecified atom stereocenters. The molecule has 1 N–H and O–H groups in total. The molecular formula is C34H44N2O6. The second kappa shape index (κ2) is 14.9. The lowest BCUT2D eigenvalue weighted by Gasteiger charge is -2.48. The first kappa shape index (κ1) is 31.1. The van der Waals surface area contributed by atoms with Crippen molar-refractivity contribution in [2.45, 2.75) is 64.7 Å². The van der Waals surface area contributed by atoms with Gasteiger partial charge >= 0.3 is 5.97 Å². The number of aryl methyl sites for hydroxylation is 1. The fraction of sp³-hybridized carbons (Fsp3) is 0.500. The van der Waals surface area contributed by atoms with E-state index in [9.17, 15) is 14.4 Å². The second-order valence-electron chi connectivity index (χ2n) is 11.1. The van der Waals surface area contributed by atoms with Gasteiger partial charge in [-0.05, 0) is 81.5 Å². The molecule has 2 atom stereocenters. The molecule has 1 fully saturated rings. The van der Waals surface area contributed by atoms with Crippen LogP contribution in [0.15, 0.2) is 60.3 Å². The van der Waals surface area contributed by atoms with Crippen LogP contribution in [0.3, 0.4) is 0 Å². The highest BCUT2D eigenvalue weighted by molar-refractivity contribution is 5.92. The van der Waals surface area contributed by atoms with Crippen molar-refractivity contribution in [2.24, 2.45) is 11.3 Å². The van der Waals surface area contributed by atoms with Gasteiger partial charge in [0, 0.05) is 31.1 Å². The van der Waals surface area contributed by atoms with Gasteiger partial charge in [0.05, 0.1) is 20.8 Å². The van der Waals surface area contributed by atoms with Gasteiger partial charge in [-0.1, -0.05) is 42.5 Å². The lowest BCUT2D eigenvalue weighted by molar-refractivity contribution is -0.162. The fourth-order valence-corrected chi connectivity index (χ4v) is 6.24. The third-order valence-electron chi connectivity index (χ3n) is 8.36. The summed E-state index contributed by atoms with van der Waals surface area (Å²) in [5.41, 5.74) is 2.08. The number of hydrogen-bond acceptors (Lipinski definition) is 6. The molecule has 2 amide bonds. The van der Waals surface area contributed by atoms with Gasteiger partial charge < -0.3 is 24.4 Å². The SMILES string of the molecule is CCOC(=O)[C@]12CCCC=C1N(CCc1ccc(OC)c(OC)c1)C(=O)[C@H](CC(=O)NCCCCc1ccccc1)C2. The number of nitrogens with one attached hydrogen (secondary N) is 1. The molecular weight excluding hydrogens is 532 g/mol. The van der Waals surface area contributed by atoms with Crippen LogP contribution in [0.2, 0.25) is 0 Å². The van der Waals surface area contributed by atoms with E-state index in [0.29, 0.717) is 43.9 Å². The van der Waals surface area contributed by atoms with Gasteiger partial charge in [0.25, 0.3) is 0 Å². The average Bonchev–Trinajstić information content (AvgIpc) is 3.01. The molecule has 226 valence electrons. The van der Waals surface area contributed by atoms with Gasteiger partial charge in [-0.3, -0.25) is 14.4 Å². The van der Waals surface area contributed by atoms with Crippen LogP contribution >= 0.6 is 0 Å². The van der Waals surface area contributed by atoms with Crippen molar-refractivity contribution in [3.8, 4) is 11.5 Å². The van der Waals surface area contributed by atoms with Gasteiger partial charge in [-0.25, -0.2) is 0 Å². The largest absolute Gasteiger partial charge is 0.493 e. The van der Waals surface area contributed by atoms with E-state index >= 15 is 0 Å². The van der Waals surface area contributed by atoms with Crippen molar-refractivity contribution in [1.82, 2.24) is 10.2 Å². The number of amides is 2. The number of carbonyl (C=O) groups excluding carboxylic acids is 3. The first-order chi connectivity index (χ1) is 20.4. The number of unbranched alkanes of at least 4 members (excludes halogenated alkanes) is 1. The van der Waals surface area contributed by atoms with Crippen LogP contribution in [-0.2, 0) is 32.0 Å². The molecule has 0 bridgehead atoms. The van der Waals surface area contributed by atoms with E-state index in [-0.39, 0.29) is 30.8 Å². The Morgan fingerprint density at radius 2 is 1.79 bits per heavy atom. The number of likely N-dealkylation sites (tertiary alicyclic amines) is 1. The monoisotopic (exact) mass is 576 g/mol. The number of fused-ring (bicyclic) bond motifs is 1. The summed E-state index contributed by atoms with van der Waals surface area (Å²) in [5.74, 6) is 0.0944. The van der Waals surface area contributed by atoms with E-state index < -0.39 is 11.3 Å². The number of hydrogen-bond donors (Lipinski definition) is 1. The van der Waals surface area contributed by atoms with E-state index in [2.05, 4.69) is 17.4 Å². The van der Waals surface area contributed by atoms with E-state index in [1.165, 1.54) is 5.56 Å². The van der Waals surface area contributed by atoms with Crippen LogP contribution in [0, 0.1) is 11.3 Å². The van der Waals surface area contributed by atoms with Gasteiger partial charge in [-0.2, -0.15) is 0 Å². The summed E-state index contributed by atoms with van der Waals surface area (Å²) >= 11 is 0. The summed E-state index contributed by atoms with van der Waals surface area (Å²) in [7, 11) is 3.19. The molecule has 1 aliphatic heterocycles. The maximum absolute atomic E-state index is 13.9. The highest BCUT2D eigenvalue weighted by Gasteiger charge is 2.54. The first-order valence-corrected chi connectivity index (χ1v) is 15.1. The molecule has 0 spiro atoms. The summed E-state index contributed by atoms with van der Waals surface area (Å²) in [6, 6.07) is 16.0. The smallest absolute Gasteiger partial charge is 0.318 e. The normalized spacial score (nSPS) is 19.9. The first-order valence-electron chi connectivity index (χ1n) is 15.1. The summed E-state index contributed by atoms with van der Waals surface area (Å²) in [6.45, 7) is 3.01. The molecule has 8 nitrogen and oxygen atoms in total. The van der Waals surface area contributed by atoms with Crippen molar-refractivity contribution < 1.29 is 28.6 Å². The minimum Gasteiger partial charge on any atom is -0.493 e. The Balaban J connectivity index is 1.46. The number of esters is 1. The molecule has 42 heavy (non-hydrogen) atoms. The third-order valence-corrected chi connectivity index (χ3v) is 8.36. The van der Waals surface area contributed by atoms with Crippen molar-refractivity contribution in [2.75, 3.05) is 33.9 Å². The molecule has 2 aromatic carbocycles. The van der Waals surface area contributed by atoms with Gasteiger partial charge in [0.1, 0.15) is 5.41 Å². The van der Waals surface area contributed by atoms with Crippen molar-refractivity contribution in [1.29, 1.82) is 0 Å². The number of benzene rings is 2. The Labute approximate surface area is 249 Å². The number of ether oxygens (including phenoxy) is 3. The van der Waals surface area contributed by atoms with Crippen LogP contribution in [0.5, 0.6) is 11.5 Å². The quantitative estimate of drug-likeness (QED) is 0.244. The summed E-state index contributed by atoms with van der Waals surface area (Å²) < 4.78 is 16.4. The molecule has 8 heteroatoms. The maximum atomic E-state index is 13.9. The topological polar surface area (TPSA) is 94.2 Å². The predicted molar refractivity (Wildman–Crippen MR) is 161 cm³/mol. The Kier molecular flexibility index (Phi) is 11.0. The second-order valence-corrected chi connectivity index (χ2v) is 11.1. The number of carbonyl (C=O) groups is 3. The number of rotatable bonds is 14. The van der Waals surface area contributed by atoms with E-state index in [0.717, 1.165) is 43.4 Å². The number of allylic oxidation sites excluding steroid dienone is 1. The lowest BCUT2D eigenvalue weighted by Crippen LogP contribution is -2.54. The molecule has 1 saturated heterocycles. The maximum Gasteiger partial charge on any atom is 0.318 e. The summed E-state index contributed by atoms with van der Waals surface area (Å²) in [5, 5.41) is 3.01. The van der Waals surface area contributed by atoms with Crippen molar-refractivity contribution >= 4 is 17.8 Å². The zero-order chi connectivity index (χ0) is 30.0. The van der Waals surface area contributed by atoms with Crippen LogP contribution in [0.25, 0.3) is 0 Å². The minimum absolute atomic E-state index is 0.0544. The van der Waals surface area contributed by atoms with E-state index in [1.807, 2.05) is 42.5 Å². The summed E-state index contributed by atoms with van der Waals surface area (Å²) in [4.78, 5) is 42.2. The fourth-order valence-electron chi connectivity index (χ4n) is 6.24. The Hall–Kier alpha value is -3.81. The zero-order valence-corrected chi connectivity index (χ0v) is 25.2. The molecule has 2 aromatic rings. The molecule has 0 aromatic heterocycles. The molecule has 0 saturated carbocycles. The molecule has 4 rings (SSSR count). The Bertz CT molecular complexity index is 1260. The molecule has 0 radical (unpaired) electrons. The van der Waals surface area contributed by atoms with E-state index in [4.69, 9.17) is 14.2 Å². The van der Waals surface area contributed by atoms with Gasteiger partial charge in [-0.15, -0.1) is 0 Å². The number of piperidine rings is 1. The van der Waals surface area contributed by atoms with Crippen molar-refractivity contribution in [3.05, 3.63) is 71.4 Å². The zero-order valence-electron chi connectivity index (χ0n) is 25.2. The highest BCUT2D eigenvalue weighted by atomic mass is 16.5. The third kappa shape index (κ3) is 7.33. The van der Waals surface area contributed by atoms with Crippen LogP contribution in [0.4, 0.5) is 0 Å². The summed E-state index contributed by atoms with van der Waals surface area (Å²) in [6.07, 6.45) is 7.96. The standard InChI is InChI=1S/C34H44N2O6/c1-4-42-33(39)34-19-10-8-15-30(34)36(21-18-26-16-17-28(40-2)29(22-26)41-3)32(38)27(24-34)23-31(37)35-20-11-9-14-25-12-6-5-7-13-25/h5-7,12-13,15-17,22,27H,4,8-11,14,18-21,23-24H2,1-3H3,(H,35,37)/t27-,34+/m1/s1. The lowest BCUT2D eigenvalue weighted by atomic mass is 9.66. The van der Waals surface area contributed by atoms with Crippen molar-refractivity contribution in [3.63, 3.8) is 0 Å². The van der Waals surface area contributed by atoms with E-state index in [1.54, 1.807) is 26.0 Å². The molecule has 1 aliphatic carbocycles. The Morgan fingerprint density at radius 3 is 2.52 bits per heavy atom. The van der Waals surface area contributed by atoms with Gasteiger partial charge in [0.2, 0.25) is 11.8 Å². The average molecular weight is 577 g/mol. The number of methoxy groups -OCH3 is 2. The Morgan fingerprint density at radius 1 is 1.00 bits per heavy atom. The van der Waals surface area contributed by atoms with Gasteiger partial charge in [0.15, 0.2) is 11.5 Å². The highest BCUT2D eigenvalue weighted by Crippen LogP contribution is 2.50. The molecule has 2 aliphatic rings. The van der Waals surface area contributed by atoms with Crippen LogP contribution < -0.4 is 14.8 Å². The minimum atomic E-state index is -0.916. The molecule has 1 heterocycles. The number of nitrogens with zero attached hydrogens (tertiary/aromatic N) is 1. The van der Waals surface area contributed by atoms with Crippen LogP contribution in [0.1, 0.15) is 63.0 Å². The van der Waals surface area contributed by atoms with Crippen LogP contribution in [-0.4, -0.2) is 56.6 Å². The predicted octanol–water partition coefficient (Wildman–Crippen LogP) is 5.24.